The van der Waals surface area contributed by atoms with Gasteiger partial charge in [-0.1, -0.05) is 12.2 Å². The van der Waals surface area contributed by atoms with Crippen LogP contribution in [0.3, 0.4) is 0 Å². The van der Waals surface area contributed by atoms with Gasteiger partial charge in [0, 0.05) is 12.8 Å². The standard InChI is InChI=1S/C9H12O2/c10-6-4-8-2-1-3-9(8)5-7-11/h1-2,6-9H,3-5H2. The summed E-state index contributed by atoms with van der Waals surface area (Å²) in [6.45, 7) is 0. The number of aldehydes is 2. The quantitative estimate of drug-likeness (QED) is 0.450. The van der Waals surface area contributed by atoms with E-state index >= 15 is 0 Å². The Hall–Kier alpha value is -0.920. The zero-order valence-corrected chi connectivity index (χ0v) is 6.40. The number of allylic oxidation sites excluding steroid dienone is 2. The van der Waals surface area contributed by atoms with E-state index in [2.05, 4.69) is 6.08 Å². The molecule has 0 aromatic carbocycles. The molecular weight excluding hydrogens is 140 g/mol. The van der Waals surface area contributed by atoms with Crippen molar-refractivity contribution in [2.45, 2.75) is 19.3 Å². The molecule has 0 saturated heterocycles. The number of carbonyl (C=O) groups excluding carboxylic acids is 2. The smallest absolute Gasteiger partial charge is 0.120 e. The van der Waals surface area contributed by atoms with E-state index in [1.54, 1.807) is 0 Å². The van der Waals surface area contributed by atoms with Crippen molar-refractivity contribution in [2.75, 3.05) is 0 Å². The van der Waals surface area contributed by atoms with Gasteiger partial charge in [-0.3, -0.25) is 0 Å². The normalized spacial score (nSPS) is 28.7. The van der Waals surface area contributed by atoms with Crippen molar-refractivity contribution in [3.05, 3.63) is 12.2 Å². The average Bonchev–Trinajstić information content (AvgIpc) is 2.39. The van der Waals surface area contributed by atoms with Crippen molar-refractivity contribution >= 4 is 12.6 Å². The second-order valence-electron chi connectivity index (χ2n) is 2.89. The summed E-state index contributed by atoms with van der Waals surface area (Å²) in [5, 5.41) is 0. The molecule has 0 spiro atoms. The SMILES string of the molecule is O=CCC1C=CCC1CC=O. The molecule has 2 heteroatoms. The maximum absolute atomic E-state index is 10.2. The Bertz CT molecular complexity index is 172. The topological polar surface area (TPSA) is 34.1 Å². The molecule has 0 saturated carbocycles. The van der Waals surface area contributed by atoms with Crippen molar-refractivity contribution in [1.29, 1.82) is 0 Å². The lowest BCUT2D eigenvalue weighted by Crippen LogP contribution is -2.08. The van der Waals surface area contributed by atoms with Crippen LogP contribution in [0.5, 0.6) is 0 Å². The second-order valence-corrected chi connectivity index (χ2v) is 2.89. The van der Waals surface area contributed by atoms with Crippen LogP contribution in [-0.4, -0.2) is 12.6 Å². The summed E-state index contributed by atoms with van der Waals surface area (Å²) < 4.78 is 0. The first-order valence-corrected chi connectivity index (χ1v) is 3.92. The molecule has 0 fully saturated rings. The summed E-state index contributed by atoms with van der Waals surface area (Å²) in [5.41, 5.74) is 0. The number of hydrogen-bond acceptors (Lipinski definition) is 2. The lowest BCUT2D eigenvalue weighted by Gasteiger charge is -2.12. The highest BCUT2D eigenvalue weighted by Crippen LogP contribution is 2.28. The Morgan fingerprint density at radius 2 is 2.00 bits per heavy atom. The van der Waals surface area contributed by atoms with Crippen LogP contribution in [0.15, 0.2) is 12.2 Å². The van der Waals surface area contributed by atoms with E-state index in [-0.39, 0.29) is 0 Å². The molecule has 1 rings (SSSR count). The lowest BCUT2D eigenvalue weighted by molar-refractivity contribution is -0.110. The van der Waals surface area contributed by atoms with Crippen molar-refractivity contribution in [2.24, 2.45) is 11.8 Å². The molecule has 0 amide bonds. The molecule has 1 aliphatic rings. The summed E-state index contributed by atoms with van der Waals surface area (Å²) in [6, 6.07) is 0. The van der Waals surface area contributed by atoms with E-state index in [0.717, 1.165) is 19.0 Å². The molecule has 0 bridgehead atoms. The van der Waals surface area contributed by atoms with Gasteiger partial charge in [0.25, 0.3) is 0 Å². The lowest BCUT2D eigenvalue weighted by atomic mass is 9.91. The highest BCUT2D eigenvalue weighted by Gasteiger charge is 2.21. The molecule has 0 aromatic heterocycles. The first kappa shape index (κ1) is 8.18. The monoisotopic (exact) mass is 152 g/mol. The maximum Gasteiger partial charge on any atom is 0.120 e. The van der Waals surface area contributed by atoms with Gasteiger partial charge in [0.1, 0.15) is 12.6 Å². The van der Waals surface area contributed by atoms with Gasteiger partial charge in [0.05, 0.1) is 0 Å². The van der Waals surface area contributed by atoms with E-state index in [1.165, 1.54) is 0 Å². The van der Waals surface area contributed by atoms with E-state index in [1.807, 2.05) is 6.08 Å². The Morgan fingerprint density at radius 3 is 2.64 bits per heavy atom. The molecule has 60 valence electrons. The zero-order chi connectivity index (χ0) is 8.10. The predicted molar refractivity (Wildman–Crippen MR) is 42.1 cm³/mol. The third-order valence-electron chi connectivity index (χ3n) is 2.19. The van der Waals surface area contributed by atoms with Crippen molar-refractivity contribution < 1.29 is 9.59 Å². The Morgan fingerprint density at radius 1 is 1.27 bits per heavy atom. The van der Waals surface area contributed by atoms with E-state index in [0.29, 0.717) is 24.7 Å². The van der Waals surface area contributed by atoms with Gasteiger partial charge >= 0.3 is 0 Å². The number of rotatable bonds is 4. The first-order valence-electron chi connectivity index (χ1n) is 3.92. The Balaban J connectivity index is 2.41. The van der Waals surface area contributed by atoms with Gasteiger partial charge in [0.15, 0.2) is 0 Å². The van der Waals surface area contributed by atoms with Crippen LogP contribution in [0.25, 0.3) is 0 Å². The van der Waals surface area contributed by atoms with Gasteiger partial charge in [-0.2, -0.15) is 0 Å². The van der Waals surface area contributed by atoms with Crippen LogP contribution in [-0.2, 0) is 9.59 Å². The summed E-state index contributed by atoms with van der Waals surface area (Å²) >= 11 is 0. The summed E-state index contributed by atoms with van der Waals surface area (Å²) in [7, 11) is 0. The van der Waals surface area contributed by atoms with E-state index < -0.39 is 0 Å². The average molecular weight is 152 g/mol. The van der Waals surface area contributed by atoms with E-state index in [9.17, 15) is 9.59 Å². The first-order chi connectivity index (χ1) is 5.38. The molecule has 2 unspecified atom stereocenters. The highest BCUT2D eigenvalue weighted by molar-refractivity contribution is 5.53. The van der Waals surface area contributed by atoms with E-state index in [4.69, 9.17) is 0 Å². The van der Waals surface area contributed by atoms with Crippen LogP contribution >= 0.6 is 0 Å². The largest absolute Gasteiger partial charge is 0.303 e. The molecule has 0 radical (unpaired) electrons. The van der Waals surface area contributed by atoms with Crippen LogP contribution in [0.4, 0.5) is 0 Å². The fourth-order valence-corrected chi connectivity index (χ4v) is 1.54. The third-order valence-corrected chi connectivity index (χ3v) is 2.19. The summed E-state index contributed by atoms with van der Waals surface area (Å²) in [5.74, 6) is 0.704. The molecule has 0 aromatic rings. The van der Waals surface area contributed by atoms with Crippen molar-refractivity contribution in [3.63, 3.8) is 0 Å². The fraction of sp³-hybridized carbons (Fsp3) is 0.556. The Labute approximate surface area is 66.3 Å². The zero-order valence-electron chi connectivity index (χ0n) is 6.40. The molecule has 1 aliphatic carbocycles. The molecule has 0 aliphatic heterocycles. The molecule has 11 heavy (non-hydrogen) atoms. The van der Waals surface area contributed by atoms with Gasteiger partial charge in [-0.25, -0.2) is 0 Å². The summed E-state index contributed by atoms with van der Waals surface area (Å²) in [6.07, 6.45) is 8.08. The van der Waals surface area contributed by atoms with Gasteiger partial charge in [0.2, 0.25) is 0 Å². The fourth-order valence-electron chi connectivity index (χ4n) is 1.54. The molecule has 0 heterocycles. The molecule has 0 N–H and O–H groups in total. The van der Waals surface area contributed by atoms with Gasteiger partial charge in [-0.05, 0) is 18.3 Å². The minimum absolute atomic E-state index is 0.317. The second kappa shape index (κ2) is 4.06. The van der Waals surface area contributed by atoms with Crippen molar-refractivity contribution in [1.82, 2.24) is 0 Å². The van der Waals surface area contributed by atoms with Crippen LogP contribution in [0.2, 0.25) is 0 Å². The van der Waals surface area contributed by atoms with Crippen LogP contribution < -0.4 is 0 Å². The number of carbonyl (C=O) groups is 2. The summed E-state index contributed by atoms with van der Waals surface area (Å²) in [4.78, 5) is 20.4. The highest BCUT2D eigenvalue weighted by atomic mass is 16.1. The minimum atomic E-state index is 0.317. The molecule has 2 atom stereocenters. The minimum Gasteiger partial charge on any atom is -0.303 e. The van der Waals surface area contributed by atoms with Crippen molar-refractivity contribution in [3.8, 4) is 0 Å². The molecular formula is C9H12O2. The Kier molecular flexibility index (Phi) is 3.02. The number of hydrogen-bond donors (Lipinski definition) is 0. The molecule has 2 nitrogen and oxygen atoms in total. The predicted octanol–water partition coefficient (Wildman–Crippen LogP) is 1.36. The van der Waals surface area contributed by atoms with Gasteiger partial charge in [-0.15, -0.1) is 0 Å². The van der Waals surface area contributed by atoms with Gasteiger partial charge < -0.3 is 9.59 Å². The van der Waals surface area contributed by atoms with Crippen LogP contribution in [0.1, 0.15) is 19.3 Å². The third kappa shape index (κ3) is 2.00. The van der Waals surface area contributed by atoms with Crippen LogP contribution in [0, 0.1) is 11.8 Å². The maximum atomic E-state index is 10.2.